The lowest BCUT2D eigenvalue weighted by atomic mass is 10.1. The topological polar surface area (TPSA) is 3.24 Å². The van der Waals surface area contributed by atoms with Gasteiger partial charge in [0.25, 0.3) is 0 Å². The first-order chi connectivity index (χ1) is 9.08. The summed E-state index contributed by atoms with van der Waals surface area (Å²) in [6.07, 6.45) is 0. The van der Waals surface area contributed by atoms with E-state index in [2.05, 4.69) is 68.3 Å². The molecule has 2 rings (SSSR count). The van der Waals surface area contributed by atoms with Gasteiger partial charge in [-0.05, 0) is 49.8 Å². The Balaban J connectivity index is 2.11. The van der Waals surface area contributed by atoms with Crippen LogP contribution in [0.25, 0.3) is 0 Å². The van der Waals surface area contributed by atoms with Crippen LogP contribution in [0.15, 0.2) is 35.7 Å². The third-order valence-corrected chi connectivity index (χ3v) is 4.78. The predicted octanol–water partition coefficient (Wildman–Crippen LogP) is 4.78. The van der Waals surface area contributed by atoms with E-state index in [4.69, 9.17) is 0 Å². The molecule has 0 aliphatic carbocycles. The largest absolute Gasteiger partial charge is 0.292 e. The van der Waals surface area contributed by atoms with Gasteiger partial charge in [-0.15, -0.1) is 11.3 Å². The van der Waals surface area contributed by atoms with Crippen LogP contribution < -0.4 is 0 Å². The van der Waals surface area contributed by atoms with E-state index in [1.54, 1.807) is 0 Å². The van der Waals surface area contributed by atoms with Gasteiger partial charge in [0.05, 0.1) is 0 Å². The lowest BCUT2D eigenvalue weighted by Gasteiger charge is -2.26. The fraction of sp³-hybridized carbons (Fsp3) is 0.412. The summed E-state index contributed by atoms with van der Waals surface area (Å²) in [5, 5.41) is 2.31. The summed E-state index contributed by atoms with van der Waals surface area (Å²) < 4.78 is 0. The van der Waals surface area contributed by atoms with Gasteiger partial charge in [-0.2, -0.15) is 0 Å². The molecule has 0 aliphatic heterocycles. The maximum atomic E-state index is 2.53. The van der Waals surface area contributed by atoms with Crippen molar-refractivity contribution in [2.75, 3.05) is 0 Å². The number of rotatable bonds is 5. The van der Waals surface area contributed by atoms with E-state index in [9.17, 15) is 0 Å². The van der Waals surface area contributed by atoms with Crippen LogP contribution in [0.3, 0.4) is 0 Å². The number of hydrogen-bond donors (Lipinski definition) is 0. The van der Waals surface area contributed by atoms with E-state index in [-0.39, 0.29) is 0 Å². The van der Waals surface area contributed by atoms with Crippen molar-refractivity contribution in [3.8, 4) is 0 Å². The molecule has 2 aromatic rings. The third-order valence-electron chi connectivity index (χ3n) is 3.72. The molecule has 1 heterocycles. The maximum Gasteiger partial charge on any atom is 0.0250 e. The van der Waals surface area contributed by atoms with Crippen molar-refractivity contribution in [2.45, 2.75) is 46.8 Å². The van der Waals surface area contributed by atoms with Crippen molar-refractivity contribution in [2.24, 2.45) is 0 Å². The molecule has 0 bridgehead atoms. The smallest absolute Gasteiger partial charge is 0.0250 e. The van der Waals surface area contributed by atoms with Gasteiger partial charge in [0, 0.05) is 24.0 Å². The summed E-state index contributed by atoms with van der Waals surface area (Å²) in [5.41, 5.74) is 4.33. The number of thiophene rings is 1. The zero-order valence-corrected chi connectivity index (χ0v) is 13.1. The molecule has 19 heavy (non-hydrogen) atoms. The Hall–Kier alpha value is -1.12. The Morgan fingerprint density at radius 2 is 1.74 bits per heavy atom. The molecule has 0 amide bonds. The second-order valence-corrected chi connectivity index (χ2v) is 6.51. The lowest BCUT2D eigenvalue weighted by molar-refractivity contribution is 0.203. The summed E-state index contributed by atoms with van der Waals surface area (Å²) in [6.45, 7) is 11.1. The SMILES string of the molecule is Cc1scc(CN(Cc2ccccc2)C(C)C)c1C. The monoisotopic (exact) mass is 273 g/mol. The highest BCUT2D eigenvalue weighted by atomic mass is 32.1. The van der Waals surface area contributed by atoms with E-state index >= 15 is 0 Å². The molecule has 1 aromatic heterocycles. The van der Waals surface area contributed by atoms with E-state index < -0.39 is 0 Å². The predicted molar refractivity (Wildman–Crippen MR) is 84.6 cm³/mol. The molecule has 0 N–H and O–H groups in total. The maximum absolute atomic E-state index is 2.53. The highest BCUT2D eigenvalue weighted by Gasteiger charge is 2.13. The van der Waals surface area contributed by atoms with Crippen LogP contribution in [0.1, 0.15) is 35.4 Å². The zero-order valence-electron chi connectivity index (χ0n) is 12.3. The molecule has 1 nitrogen and oxygen atoms in total. The first-order valence-corrected chi connectivity index (χ1v) is 7.77. The zero-order chi connectivity index (χ0) is 13.8. The van der Waals surface area contributed by atoms with Crippen LogP contribution in [-0.2, 0) is 13.1 Å². The number of hydrogen-bond acceptors (Lipinski definition) is 2. The highest BCUT2D eigenvalue weighted by Crippen LogP contribution is 2.23. The van der Waals surface area contributed by atoms with E-state index in [0.29, 0.717) is 6.04 Å². The minimum absolute atomic E-state index is 0.555. The van der Waals surface area contributed by atoms with Gasteiger partial charge in [0.1, 0.15) is 0 Å². The minimum Gasteiger partial charge on any atom is -0.292 e. The Morgan fingerprint density at radius 1 is 1.05 bits per heavy atom. The lowest BCUT2D eigenvalue weighted by Crippen LogP contribution is -2.29. The first-order valence-electron chi connectivity index (χ1n) is 6.89. The molecule has 1 aromatic carbocycles. The molecule has 0 radical (unpaired) electrons. The van der Waals surface area contributed by atoms with Gasteiger partial charge >= 0.3 is 0 Å². The number of benzene rings is 1. The minimum atomic E-state index is 0.555. The van der Waals surface area contributed by atoms with Gasteiger partial charge in [0.15, 0.2) is 0 Å². The molecule has 0 aliphatic rings. The molecular formula is C17H23NS. The van der Waals surface area contributed by atoms with Crippen molar-refractivity contribution < 1.29 is 0 Å². The molecule has 0 fully saturated rings. The summed E-state index contributed by atoms with van der Waals surface area (Å²) >= 11 is 1.86. The standard InChI is InChI=1S/C17H23NS/c1-13(2)18(10-16-8-6-5-7-9-16)11-17-12-19-15(4)14(17)3/h5-9,12-13H,10-11H2,1-4H3. The Bertz CT molecular complexity index is 513. The molecule has 0 saturated carbocycles. The normalized spacial score (nSPS) is 11.5. The molecule has 2 heteroatoms. The Morgan fingerprint density at radius 3 is 2.26 bits per heavy atom. The van der Waals surface area contributed by atoms with Crippen molar-refractivity contribution in [3.05, 3.63) is 57.3 Å². The van der Waals surface area contributed by atoms with Crippen molar-refractivity contribution >= 4 is 11.3 Å². The third kappa shape index (κ3) is 3.68. The van der Waals surface area contributed by atoms with Crippen LogP contribution in [0.4, 0.5) is 0 Å². The molecule has 0 saturated heterocycles. The molecule has 0 atom stereocenters. The Kier molecular flexibility index (Phi) is 4.78. The van der Waals surface area contributed by atoms with Crippen LogP contribution in [0.2, 0.25) is 0 Å². The average Bonchev–Trinajstić information content (AvgIpc) is 2.71. The summed E-state index contributed by atoms with van der Waals surface area (Å²) in [5.74, 6) is 0. The fourth-order valence-electron chi connectivity index (χ4n) is 2.18. The van der Waals surface area contributed by atoms with Crippen LogP contribution in [-0.4, -0.2) is 10.9 Å². The van der Waals surface area contributed by atoms with E-state index in [1.807, 2.05) is 11.3 Å². The summed E-state index contributed by atoms with van der Waals surface area (Å²) in [6, 6.07) is 11.3. The quantitative estimate of drug-likeness (QED) is 0.758. The van der Waals surface area contributed by atoms with Crippen molar-refractivity contribution in [1.82, 2.24) is 4.90 Å². The van der Waals surface area contributed by atoms with Crippen LogP contribution in [0.5, 0.6) is 0 Å². The van der Waals surface area contributed by atoms with E-state index in [1.165, 1.54) is 21.6 Å². The van der Waals surface area contributed by atoms with Crippen LogP contribution in [0, 0.1) is 13.8 Å². The molecular weight excluding hydrogens is 250 g/mol. The molecule has 0 unspecified atom stereocenters. The van der Waals surface area contributed by atoms with Gasteiger partial charge in [-0.25, -0.2) is 0 Å². The summed E-state index contributed by atoms with van der Waals surface area (Å²) in [4.78, 5) is 3.97. The molecule has 102 valence electrons. The Labute approximate surface area is 120 Å². The fourth-order valence-corrected chi connectivity index (χ4v) is 3.05. The second-order valence-electron chi connectivity index (χ2n) is 5.43. The van der Waals surface area contributed by atoms with Crippen molar-refractivity contribution in [3.63, 3.8) is 0 Å². The first kappa shape index (κ1) is 14.3. The average molecular weight is 273 g/mol. The van der Waals surface area contributed by atoms with Crippen LogP contribution >= 0.6 is 11.3 Å². The second kappa shape index (κ2) is 6.36. The summed E-state index contributed by atoms with van der Waals surface area (Å²) in [7, 11) is 0. The number of nitrogens with zero attached hydrogens (tertiary/aromatic N) is 1. The van der Waals surface area contributed by atoms with Gasteiger partial charge in [0.2, 0.25) is 0 Å². The van der Waals surface area contributed by atoms with Gasteiger partial charge < -0.3 is 0 Å². The highest BCUT2D eigenvalue weighted by molar-refractivity contribution is 7.10. The molecule has 0 spiro atoms. The van der Waals surface area contributed by atoms with Crippen molar-refractivity contribution in [1.29, 1.82) is 0 Å². The number of aryl methyl sites for hydroxylation is 1. The van der Waals surface area contributed by atoms with Gasteiger partial charge in [-0.1, -0.05) is 30.3 Å². The van der Waals surface area contributed by atoms with E-state index in [0.717, 1.165) is 13.1 Å². The van der Waals surface area contributed by atoms with Gasteiger partial charge in [-0.3, -0.25) is 4.90 Å².